The summed E-state index contributed by atoms with van der Waals surface area (Å²) in [4.78, 5) is 16.7. The van der Waals surface area contributed by atoms with Gasteiger partial charge < -0.3 is 15.4 Å². The van der Waals surface area contributed by atoms with Crippen LogP contribution in [-0.2, 0) is 0 Å². The maximum absolute atomic E-state index is 12.5. The standard InChI is InChI=1S/C21H18N4O2/c1-14-3-10-20(27-2)19(11-14)25-21(26)18-9-8-17(13-23-18)24-16-6-4-15(12-22)5-7-16/h3-11,13,24H,1-2H3,(H,25,26). The topological polar surface area (TPSA) is 87.0 Å². The van der Waals surface area contributed by atoms with Gasteiger partial charge in [-0.3, -0.25) is 4.79 Å². The van der Waals surface area contributed by atoms with Crippen LogP contribution in [0.1, 0.15) is 21.6 Å². The molecule has 0 aliphatic carbocycles. The van der Waals surface area contributed by atoms with E-state index >= 15 is 0 Å². The molecule has 2 N–H and O–H groups in total. The van der Waals surface area contributed by atoms with Crippen molar-refractivity contribution >= 4 is 23.0 Å². The van der Waals surface area contributed by atoms with E-state index in [0.29, 0.717) is 22.7 Å². The number of amides is 1. The first-order valence-corrected chi connectivity index (χ1v) is 8.28. The van der Waals surface area contributed by atoms with Gasteiger partial charge in [0.1, 0.15) is 11.4 Å². The van der Waals surface area contributed by atoms with Crippen LogP contribution in [0.2, 0.25) is 0 Å². The third-order valence-corrected chi connectivity index (χ3v) is 3.90. The molecule has 0 fully saturated rings. The molecule has 0 aliphatic heterocycles. The molecule has 0 spiro atoms. The molecule has 0 unspecified atom stereocenters. The van der Waals surface area contributed by atoms with E-state index < -0.39 is 0 Å². The zero-order chi connectivity index (χ0) is 19.2. The predicted molar refractivity (Wildman–Crippen MR) is 104 cm³/mol. The van der Waals surface area contributed by atoms with Crippen LogP contribution in [0.5, 0.6) is 5.75 Å². The Bertz CT molecular complexity index is 990. The second-order valence-corrected chi connectivity index (χ2v) is 5.90. The van der Waals surface area contributed by atoms with E-state index in [9.17, 15) is 4.79 Å². The van der Waals surface area contributed by atoms with E-state index in [1.54, 1.807) is 37.6 Å². The Balaban J connectivity index is 1.70. The Labute approximate surface area is 157 Å². The lowest BCUT2D eigenvalue weighted by atomic mass is 10.2. The molecule has 134 valence electrons. The number of rotatable bonds is 5. The average molecular weight is 358 g/mol. The number of methoxy groups -OCH3 is 1. The molecule has 0 atom stereocenters. The maximum atomic E-state index is 12.5. The van der Waals surface area contributed by atoms with Gasteiger partial charge in [-0.15, -0.1) is 0 Å². The number of ether oxygens (including phenoxy) is 1. The number of hydrogen-bond donors (Lipinski definition) is 2. The van der Waals surface area contributed by atoms with Crippen molar-refractivity contribution in [2.75, 3.05) is 17.7 Å². The van der Waals surface area contributed by atoms with Crippen molar-refractivity contribution in [3.63, 3.8) is 0 Å². The second kappa shape index (κ2) is 8.02. The van der Waals surface area contributed by atoms with Gasteiger partial charge in [-0.2, -0.15) is 5.26 Å². The van der Waals surface area contributed by atoms with E-state index in [2.05, 4.69) is 21.7 Å². The van der Waals surface area contributed by atoms with Gasteiger partial charge >= 0.3 is 0 Å². The van der Waals surface area contributed by atoms with E-state index in [4.69, 9.17) is 10.00 Å². The van der Waals surface area contributed by atoms with Gasteiger partial charge in [0.25, 0.3) is 5.91 Å². The van der Waals surface area contributed by atoms with Gasteiger partial charge in [-0.05, 0) is 61.0 Å². The lowest BCUT2D eigenvalue weighted by molar-refractivity contribution is 0.102. The molecular weight excluding hydrogens is 340 g/mol. The van der Waals surface area contributed by atoms with Crippen molar-refractivity contribution in [3.05, 3.63) is 77.6 Å². The SMILES string of the molecule is COc1ccc(C)cc1NC(=O)c1ccc(Nc2ccc(C#N)cc2)cn1. The summed E-state index contributed by atoms with van der Waals surface area (Å²) in [6, 6.07) is 18.1. The number of carbonyl (C=O) groups excluding carboxylic acids is 1. The number of nitriles is 1. The quantitative estimate of drug-likeness (QED) is 0.711. The van der Waals surface area contributed by atoms with E-state index in [1.165, 1.54) is 0 Å². The molecule has 0 saturated carbocycles. The summed E-state index contributed by atoms with van der Waals surface area (Å²) < 4.78 is 5.27. The second-order valence-electron chi connectivity index (χ2n) is 5.90. The van der Waals surface area contributed by atoms with E-state index in [-0.39, 0.29) is 5.91 Å². The summed E-state index contributed by atoms with van der Waals surface area (Å²) in [7, 11) is 1.56. The first kappa shape index (κ1) is 18.0. The zero-order valence-electron chi connectivity index (χ0n) is 15.0. The van der Waals surface area contributed by atoms with Gasteiger partial charge in [0.05, 0.1) is 36.3 Å². The molecule has 6 heteroatoms. The summed E-state index contributed by atoms with van der Waals surface area (Å²) >= 11 is 0. The monoisotopic (exact) mass is 358 g/mol. The highest BCUT2D eigenvalue weighted by Crippen LogP contribution is 2.25. The van der Waals surface area contributed by atoms with Crippen LogP contribution in [0.3, 0.4) is 0 Å². The minimum absolute atomic E-state index is 0.295. The molecular formula is C21H18N4O2. The van der Waals surface area contributed by atoms with Crippen LogP contribution < -0.4 is 15.4 Å². The van der Waals surface area contributed by atoms with Gasteiger partial charge in [0.2, 0.25) is 0 Å². The molecule has 6 nitrogen and oxygen atoms in total. The van der Waals surface area contributed by atoms with Crippen LogP contribution in [0.4, 0.5) is 17.1 Å². The molecule has 3 aromatic rings. The third kappa shape index (κ3) is 4.41. The fraction of sp³-hybridized carbons (Fsp3) is 0.0952. The average Bonchev–Trinajstić information content (AvgIpc) is 2.69. The number of benzene rings is 2. The molecule has 1 heterocycles. The smallest absolute Gasteiger partial charge is 0.274 e. The lowest BCUT2D eigenvalue weighted by Gasteiger charge is -2.11. The Morgan fingerprint density at radius 2 is 1.81 bits per heavy atom. The number of nitrogens with one attached hydrogen (secondary N) is 2. The molecule has 1 amide bonds. The molecule has 0 radical (unpaired) electrons. The summed E-state index contributed by atoms with van der Waals surface area (Å²) in [6.07, 6.45) is 1.58. The first-order chi connectivity index (χ1) is 13.1. The fourth-order valence-electron chi connectivity index (χ4n) is 2.50. The van der Waals surface area contributed by atoms with Crippen molar-refractivity contribution in [2.24, 2.45) is 0 Å². The minimum atomic E-state index is -0.316. The van der Waals surface area contributed by atoms with Gasteiger partial charge in [-0.25, -0.2) is 4.98 Å². The number of aromatic nitrogens is 1. The van der Waals surface area contributed by atoms with E-state index in [1.807, 2.05) is 37.3 Å². The number of carbonyl (C=O) groups is 1. The number of pyridine rings is 1. The summed E-state index contributed by atoms with van der Waals surface area (Å²) in [5, 5.41) is 14.8. The molecule has 1 aromatic heterocycles. The van der Waals surface area contributed by atoms with Crippen LogP contribution in [-0.4, -0.2) is 18.0 Å². The Morgan fingerprint density at radius 1 is 1.07 bits per heavy atom. The molecule has 27 heavy (non-hydrogen) atoms. The number of aryl methyl sites for hydroxylation is 1. The fourth-order valence-corrected chi connectivity index (χ4v) is 2.50. The number of nitrogens with zero attached hydrogens (tertiary/aromatic N) is 2. The summed E-state index contributed by atoms with van der Waals surface area (Å²) in [5.41, 5.74) is 4.08. The number of hydrogen-bond acceptors (Lipinski definition) is 5. The number of anilines is 3. The van der Waals surface area contributed by atoms with Gasteiger partial charge in [0, 0.05) is 5.69 Å². The maximum Gasteiger partial charge on any atom is 0.274 e. The van der Waals surface area contributed by atoms with Crippen molar-refractivity contribution in [2.45, 2.75) is 6.92 Å². The van der Waals surface area contributed by atoms with Crippen molar-refractivity contribution < 1.29 is 9.53 Å². The lowest BCUT2D eigenvalue weighted by Crippen LogP contribution is -2.14. The molecule has 0 bridgehead atoms. The first-order valence-electron chi connectivity index (χ1n) is 8.28. The Morgan fingerprint density at radius 3 is 2.44 bits per heavy atom. The minimum Gasteiger partial charge on any atom is -0.495 e. The van der Waals surface area contributed by atoms with Gasteiger partial charge in [-0.1, -0.05) is 6.07 Å². The predicted octanol–water partition coefficient (Wildman–Crippen LogP) is 4.27. The molecule has 2 aromatic carbocycles. The van der Waals surface area contributed by atoms with Crippen LogP contribution >= 0.6 is 0 Å². The molecule has 0 saturated heterocycles. The zero-order valence-corrected chi connectivity index (χ0v) is 15.0. The highest BCUT2D eigenvalue weighted by molar-refractivity contribution is 6.03. The highest BCUT2D eigenvalue weighted by Gasteiger charge is 2.11. The summed E-state index contributed by atoms with van der Waals surface area (Å²) in [6.45, 7) is 1.94. The molecule has 3 rings (SSSR count). The Hall–Kier alpha value is -3.85. The van der Waals surface area contributed by atoms with Crippen LogP contribution in [0.25, 0.3) is 0 Å². The summed E-state index contributed by atoms with van der Waals surface area (Å²) in [5.74, 6) is 0.275. The van der Waals surface area contributed by atoms with Gasteiger partial charge in [0.15, 0.2) is 0 Å². The van der Waals surface area contributed by atoms with Crippen molar-refractivity contribution in [1.82, 2.24) is 4.98 Å². The van der Waals surface area contributed by atoms with Crippen molar-refractivity contribution in [3.8, 4) is 11.8 Å². The highest BCUT2D eigenvalue weighted by atomic mass is 16.5. The Kier molecular flexibility index (Phi) is 5.33. The molecule has 0 aliphatic rings. The van der Waals surface area contributed by atoms with E-state index in [0.717, 1.165) is 16.9 Å². The van der Waals surface area contributed by atoms with Crippen LogP contribution in [0, 0.1) is 18.3 Å². The largest absolute Gasteiger partial charge is 0.495 e. The normalized spacial score (nSPS) is 9.96. The third-order valence-electron chi connectivity index (χ3n) is 3.90. The van der Waals surface area contributed by atoms with Crippen LogP contribution in [0.15, 0.2) is 60.8 Å². The van der Waals surface area contributed by atoms with Crippen molar-refractivity contribution in [1.29, 1.82) is 5.26 Å².